The van der Waals surface area contributed by atoms with Crippen LogP contribution in [0.1, 0.15) is 34.6 Å². The predicted octanol–water partition coefficient (Wildman–Crippen LogP) is 2.34. The van der Waals surface area contributed by atoms with Crippen LogP contribution in [0.4, 0.5) is 5.13 Å². The van der Waals surface area contributed by atoms with Gasteiger partial charge in [-0.2, -0.15) is 0 Å². The van der Waals surface area contributed by atoms with Crippen LogP contribution in [0, 0.1) is 0 Å². The van der Waals surface area contributed by atoms with Gasteiger partial charge in [0.05, 0.1) is 17.0 Å². The van der Waals surface area contributed by atoms with Crippen molar-refractivity contribution in [1.29, 1.82) is 0 Å². The highest BCUT2D eigenvalue weighted by Gasteiger charge is 2.26. The number of thiazole rings is 1. The van der Waals surface area contributed by atoms with E-state index in [2.05, 4.69) is 10.3 Å². The Morgan fingerprint density at radius 2 is 2.25 bits per heavy atom. The third-order valence-electron chi connectivity index (χ3n) is 4.07. The topological polar surface area (TPSA) is 88.3 Å². The average Bonchev–Trinajstić information content (AvgIpc) is 3.27. The van der Waals surface area contributed by atoms with Gasteiger partial charge in [-0.3, -0.25) is 14.9 Å². The van der Waals surface area contributed by atoms with Gasteiger partial charge in [0.25, 0.3) is 5.91 Å². The van der Waals surface area contributed by atoms with Gasteiger partial charge >= 0.3 is 0 Å². The molecule has 2 amide bonds. The Morgan fingerprint density at radius 1 is 1.38 bits per heavy atom. The molecule has 6 nitrogen and oxygen atoms in total. The second-order valence-electron chi connectivity index (χ2n) is 5.72. The normalized spacial score (nSPS) is 17.7. The average molecular weight is 364 g/mol. The predicted molar refractivity (Wildman–Crippen MR) is 96.5 cm³/mol. The van der Waals surface area contributed by atoms with Gasteiger partial charge in [0.2, 0.25) is 5.91 Å². The molecule has 1 aliphatic rings. The highest BCUT2D eigenvalue weighted by molar-refractivity contribution is 7.14. The van der Waals surface area contributed by atoms with Crippen LogP contribution in [0.25, 0.3) is 0 Å². The number of hydrogen-bond donors (Lipinski definition) is 2. The second-order valence-corrected chi connectivity index (χ2v) is 7.53. The van der Waals surface area contributed by atoms with Gasteiger partial charge in [-0.25, -0.2) is 4.98 Å². The highest BCUT2D eigenvalue weighted by atomic mass is 32.1. The molecule has 0 aromatic carbocycles. The number of hydrogen-bond acceptors (Lipinski definition) is 6. The van der Waals surface area contributed by atoms with E-state index in [0.29, 0.717) is 22.2 Å². The smallest absolute Gasteiger partial charge is 0.267 e. The Morgan fingerprint density at radius 3 is 3.00 bits per heavy atom. The fourth-order valence-electron chi connectivity index (χ4n) is 2.84. The van der Waals surface area contributed by atoms with Gasteiger partial charge in [-0.05, 0) is 30.7 Å². The van der Waals surface area contributed by atoms with Crippen molar-refractivity contribution in [3.8, 4) is 0 Å². The lowest BCUT2D eigenvalue weighted by atomic mass is 10.0. The van der Waals surface area contributed by atoms with Crippen molar-refractivity contribution in [2.24, 2.45) is 5.73 Å². The number of nitrogens with one attached hydrogen (secondary N) is 1. The van der Waals surface area contributed by atoms with Crippen LogP contribution in [0.3, 0.4) is 0 Å². The number of carbonyl (C=O) groups is 2. The summed E-state index contributed by atoms with van der Waals surface area (Å²) in [6.45, 7) is 1.28. The molecule has 1 atom stereocenters. The quantitative estimate of drug-likeness (QED) is 0.852. The molecule has 8 heteroatoms. The number of nitrogens with zero attached hydrogens (tertiary/aromatic N) is 2. The summed E-state index contributed by atoms with van der Waals surface area (Å²) in [4.78, 5) is 31.4. The van der Waals surface area contributed by atoms with E-state index < -0.39 is 0 Å². The largest absolute Gasteiger partial charge is 0.338 e. The maximum Gasteiger partial charge on any atom is 0.267 e. The molecule has 1 saturated heterocycles. The van der Waals surface area contributed by atoms with Crippen molar-refractivity contribution in [2.75, 3.05) is 18.4 Å². The molecule has 0 saturated carbocycles. The summed E-state index contributed by atoms with van der Waals surface area (Å²) in [5, 5.41) is 6.97. The molecule has 128 valence electrons. The minimum absolute atomic E-state index is 0.0617. The third kappa shape index (κ3) is 4.00. The van der Waals surface area contributed by atoms with Crippen molar-refractivity contribution >= 4 is 39.6 Å². The Hall–Kier alpha value is -1.77. The summed E-state index contributed by atoms with van der Waals surface area (Å²) >= 11 is 2.72. The molecule has 0 bridgehead atoms. The van der Waals surface area contributed by atoms with Crippen LogP contribution < -0.4 is 11.1 Å². The van der Waals surface area contributed by atoms with E-state index in [0.717, 1.165) is 25.8 Å². The zero-order valence-electron chi connectivity index (χ0n) is 13.2. The summed E-state index contributed by atoms with van der Waals surface area (Å²) in [5.41, 5.74) is 6.46. The zero-order chi connectivity index (χ0) is 16.9. The van der Waals surface area contributed by atoms with Crippen LogP contribution in [0.2, 0.25) is 0 Å². The number of anilines is 1. The van der Waals surface area contributed by atoms with Gasteiger partial charge in [-0.1, -0.05) is 6.07 Å². The van der Waals surface area contributed by atoms with Crippen molar-refractivity contribution in [1.82, 2.24) is 9.88 Å². The molecule has 2 aromatic heterocycles. The second kappa shape index (κ2) is 7.87. The first-order chi connectivity index (χ1) is 11.7. The minimum atomic E-state index is -0.170. The summed E-state index contributed by atoms with van der Waals surface area (Å²) in [5.74, 6) is -0.108. The molecule has 2 aromatic rings. The van der Waals surface area contributed by atoms with E-state index in [1.165, 1.54) is 22.7 Å². The summed E-state index contributed by atoms with van der Waals surface area (Å²) in [6, 6.07) is 3.74. The Balaban J connectivity index is 1.59. The van der Waals surface area contributed by atoms with Gasteiger partial charge in [0.1, 0.15) is 0 Å². The van der Waals surface area contributed by atoms with E-state index in [-0.39, 0.29) is 24.3 Å². The Labute approximate surface area is 148 Å². The summed E-state index contributed by atoms with van der Waals surface area (Å²) in [6.07, 6.45) is 3.38. The van der Waals surface area contributed by atoms with Gasteiger partial charge < -0.3 is 10.6 Å². The molecule has 0 aliphatic carbocycles. The number of rotatable bonds is 5. The first-order valence-corrected chi connectivity index (χ1v) is 9.72. The molecule has 1 fully saturated rings. The van der Waals surface area contributed by atoms with E-state index >= 15 is 0 Å². The lowest BCUT2D eigenvalue weighted by Crippen LogP contribution is -2.48. The number of thiophene rings is 1. The van der Waals surface area contributed by atoms with Crippen molar-refractivity contribution < 1.29 is 9.59 Å². The van der Waals surface area contributed by atoms with E-state index in [4.69, 9.17) is 5.73 Å². The lowest BCUT2D eigenvalue weighted by Gasteiger charge is -2.35. The first kappa shape index (κ1) is 17.1. The molecule has 0 spiro atoms. The third-order valence-corrected chi connectivity index (χ3v) is 5.74. The summed E-state index contributed by atoms with van der Waals surface area (Å²) < 4.78 is 0. The number of carbonyl (C=O) groups excluding carboxylic acids is 2. The fraction of sp³-hybridized carbons (Fsp3) is 0.438. The number of piperidine rings is 1. The van der Waals surface area contributed by atoms with Crippen molar-refractivity contribution in [3.05, 3.63) is 33.5 Å². The molecule has 1 aliphatic heterocycles. The van der Waals surface area contributed by atoms with Gasteiger partial charge in [0.15, 0.2) is 5.13 Å². The molecular weight excluding hydrogens is 344 g/mol. The van der Waals surface area contributed by atoms with Gasteiger partial charge in [-0.15, -0.1) is 22.7 Å². The molecule has 3 rings (SSSR count). The standard InChI is InChI=1S/C16H20N4O2S2/c17-9-12-4-1-2-6-20(12)14(21)8-11-10-24-16(18-11)19-15(22)13-5-3-7-23-13/h3,5,7,10,12H,1-2,4,6,8-9,17H2,(H,18,19,22). The maximum atomic E-state index is 12.5. The monoisotopic (exact) mass is 364 g/mol. The fourth-order valence-corrected chi connectivity index (χ4v) is 4.17. The van der Waals surface area contributed by atoms with Crippen LogP contribution in [-0.4, -0.2) is 40.8 Å². The number of aromatic nitrogens is 1. The highest BCUT2D eigenvalue weighted by Crippen LogP contribution is 2.21. The van der Waals surface area contributed by atoms with Crippen molar-refractivity contribution in [3.63, 3.8) is 0 Å². The van der Waals surface area contributed by atoms with Crippen LogP contribution >= 0.6 is 22.7 Å². The minimum Gasteiger partial charge on any atom is -0.338 e. The van der Waals surface area contributed by atoms with Crippen LogP contribution in [0.5, 0.6) is 0 Å². The number of likely N-dealkylation sites (tertiary alicyclic amines) is 1. The van der Waals surface area contributed by atoms with Crippen LogP contribution in [0.15, 0.2) is 22.9 Å². The molecule has 3 heterocycles. The molecule has 3 N–H and O–H groups in total. The van der Waals surface area contributed by atoms with E-state index in [1.54, 1.807) is 6.07 Å². The first-order valence-electron chi connectivity index (χ1n) is 7.96. The number of amides is 2. The molecule has 24 heavy (non-hydrogen) atoms. The molecule has 0 radical (unpaired) electrons. The van der Waals surface area contributed by atoms with E-state index in [9.17, 15) is 9.59 Å². The Kier molecular flexibility index (Phi) is 5.60. The Bertz CT molecular complexity index is 699. The maximum absolute atomic E-state index is 12.5. The SMILES string of the molecule is NCC1CCCCN1C(=O)Cc1csc(NC(=O)c2cccs2)n1. The van der Waals surface area contributed by atoms with Crippen LogP contribution in [-0.2, 0) is 11.2 Å². The molecule has 1 unspecified atom stereocenters. The van der Waals surface area contributed by atoms with E-state index in [1.807, 2.05) is 21.7 Å². The number of nitrogens with two attached hydrogens (primary N) is 1. The lowest BCUT2D eigenvalue weighted by molar-refractivity contribution is -0.133. The van der Waals surface area contributed by atoms with Crippen molar-refractivity contribution in [2.45, 2.75) is 31.7 Å². The van der Waals surface area contributed by atoms with Gasteiger partial charge in [0, 0.05) is 24.5 Å². The summed E-state index contributed by atoms with van der Waals surface area (Å²) in [7, 11) is 0. The molecular formula is C16H20N4O2S2. The zero-order valence-corrected chi connectivity index (χ0v) is 14.9.